The van der Waals surface area contributed by atoms with Crippen molar-refractivity contribution >= 4 is 76.2 Å². The van der Waals surface area contributed by atoms with Gasteiger partial charge < -0.3 is 81.0 Å². The number of aliphatic imine (C=N–C) groups is 3. The summed E-state index contributed by atoms with van der Waals surface area (Å²) in [6.07, 6.45) is 6.89. The first-order valence-corrected chi connectivity index (χ1v) is 44.6. The molecule has 0 unspecified atom stereocenters. The van der Waals surface area contributed by atoms with E-state index in [1.54, 1.807) is 18.2 Å². The number of nitrogens with zero attached hydrogens (tertiary/aromatic N) is 6. The molecule has 0 radical (unpaired) electrons. The van der Waals surface area contributed by atoms with Gasteiger partial charge in [-0.25, -0.2) is 4.39 Å². The smallest absolute Gasteiger partial charge is 0.370 e. The first kappa shape index (κ1) is 97.8. The molecule has 10 aromatic rings. The van der Waals surface area contributed by atoms with E-state index in [1.807, 2.05) is 166 Å². The van der Waals surface area contributed by atoms with Crippen molar-refractivity contribution in [2.45, 2.75) is 124 Å². The Morgan fingerprint density at radius 1 is 0.420 bits per heavy atom. The lowest BCUT2D eigenvalue weighted by atomic mass is 9.75. The number of nitrogens with one attached hydrogen (secondary N) is 6. The van der Waals surface area contributed by atoms with Crippen LogP contribution in [0.15, 0.2) is 300 Å². The van der Waals surface area contributed by atoms with Crippen LogP contribution in [0.4, 0.5) is 17.6 Å². The number of amides is 6. The maximum Gasteiger partial charge on any atom is 0.416 e. The molecule has 13 rings (SSSR count). The van der Waals surface area contributed by atoms with Crippen molar-refractivity contribution in [1.29, 1.82) is 0 Å². The summed E-state index contributed by atoms with van der Waals surface area (Å²) >= 11 is 0. The van der Waals surface area contributed by atoms with E-state index in [0.717, 1.165) is 61.8 Å². The lowest BCUT2D eigenvalue weighted by Crippen LogP contribution is -2.50. The van der Waals surface area contributed by atoms with Crippen molar-refractivity contribution in [3.8, 4) is 0 Å². The highest BCUT2D eigenvalue weighted by Crippen LogP contribution is 2.36. The summed E-state index contributed by atoms with van der Waals surface area (Å²) in [7, 11) is 0. The highest BCUT2D eigenvalue weighted by molar-refractivity contribution is 5.99. The summed E-state index contributed by atoms with van der Waals surface area (Å²) in [4.78, 5) is 98.3. The molecule has 3 aliphatic rings. The number of benzene rings is 10. The van der Waals surface area contributed by atoms with Crippen LogP contribution in [0.3, 0.4) is 0 Å². The lowest BCUT2D eigenvalue weighted by Gasteiger charge is -2.37. The molecular weight excluding hydrogens is 1660 g/mol. The fourth-order valence-corrected chi connectivity index (χ4v) is 16.6. The van der Waals surface area contributed by atoms with Gasteiger partial charge >= 0.3 is 6.18 Å². The molecule has 0 bridgehead atoms. The molecule has 6 atom stereocenters. The highest BCUT2D eigenvalue weighted by Gasteiger charge is 2.39. The van der Waals surface area contributed by atoms with E-state index in [1.165, 1.54) is 42.5 Å². The molecule has 10 aromatic carbocycles. The highest BCUT2D eigenvalue weighted by atomic mass is 19.4. The molecular formula is C103H120F4N18O6. The van der Waals surface area contributed by atoms with Crippen LogP contribution in [0.2, 0.25) is 0 Å². The van der Waals surface area contributed by atoms with Gasteiger partial charge in [0.2, 0.25) is 29.5 Å². The zero-order chi connectivity index (χ0) is 92.9. The van der Waals surface area contributed by atoms with Crippen LogP contribution in [-0.2, 0) is 35.6 Å². The number of carbonyl (C=O) groups excluding carboxylic acids is 6. The third-order valence-corrected chi connectivity index (χ3v) is 23.7. The summed E-state index contributed by atoms with van der Waals surface area (Å²) < 4.78 is 51.6. The van der Waals surface area contributed by atoms with Gasteiger partial charge in [0.25, 0.3) is 5.91 Å². The van der Waals surface area contributed by atoms with Crippen molar-refractivity contribution in [3.63, 3.8) is 0 Å². The predicted octanol–water partition coefficient (Wildman–Crippen LogP) is 11.9. The van der Waals surface area contributed by atoms with Gasteiger partial charge in [-0.2, -0.15) is 13.2 Å². The maximum atomic E-state index is 14.1. The van der Waals surface area contributed by atoms with Crippen molar-refractivity contribution < 1.29 is 46.3 Å². The second kappa shape index (κ2) is 49.6. The van der Waals surface area contributed by atoms with Crippen molar-refractivity contribution in [1.82, 2.24) is 46.6 Å². The van der Waals surface area contributed by atoms with Gasteiger partial charge in [-0.1, -0.05) is 237 Å². The molecule has 3 aliphatic heterocycles. The number of rotatable bonds is 35. The number of carbonyl (C=O) groups is 6. The first-order chi connectivity index (χ1) is 63.3. The minimum atomic E-state index is -4.42. The van der Waals surface area contributed by atoms with E-state index in [2.05, 4.69) is 127 Å². The quantitative estimate of drug-likeness (QED) is 0.00577. The fourth-order valence-electron chi connectivity index (χ4n) is 16.6. The largest absolute Gasteiger partial charge is 0.416 e. The molecule has 3 fully saturated rings. The van der Waals surface area contributed by atoms with E-state index in [4.69, 9.17) is 34.4 Å². The molecule has 3 saturated heterocycles. The van der Waals surface area contributed by atoms with E-state index >= 15 is 0 Å². The molecule has 24 nitrogen and oxygen atoms in total. The Kier molecular flexibility index (Phi) is 37.1. The van der Waals surface area contributed by atoms with E-state index < -0.39 is 35.3 Å². The molecule has 18 N–H and O–H groups in total. The van der Waals surface area contributed by atoms with Crippen LogP contribution in [0.5, 0.6) is 0 Å². The molecule has 0 saturated carbocycles. The molecule has 0 aliphatic carbocycles. The standard InChI is InChI=1S/C36H42N6O2.C34H39F3N6O2.C33H39FN6O2/c1-36(29-13-4-2-5-14-29,30-15-6-3-7-16-30)25-42-22-20-31(41-32(34(42)44)17-10-21-39-35(37)38)24-40-33(43)28-19-18-26-11-8-9-12-27(26)23-28;35-34(36,37)27-16-13-24(14-17-27)15-18-31(44)41-22-28-19-21-43(32(45)30(42-28)12-7-20-40-33(38)39)23-29(25-8-3-1-4-9-25)26-10-5-2-6-11-26;34-27-16-13-24(14-17-27)15-18-31(41)38-22-28-19-21-40(32(42)30(39-28)12-7-20-37-33(35)36)23-29(25-8-3-1-4-9-25)26-10-5-2-6-11-26/h2-9,11-16,18-19,23,31-32,41H,10,17,20-22,24-25H2,1H3,(H,40,43)(H4,37,38,39);1-6,8-11,13-18,28-30,42H,7,12,19-23H2,(H,41,44)(H4,38,39,40);1-6,8-11,13-18,28-30,39H,7,12,19-23H2,(H,38,41)(H4,35,36,37)/b;2*18-15+/t31-,32-;2*28-,30-/m000/s1. The molecule has 0 aromatic heterocycles. The maximum absolute atomic E-state index is 14.1. The summed E-state index contributed by atoms with van der Waals surface area (Å²) in [5.74, 6) is -0.978. The van der Waals surface area contributed by atoms with E-state index in [9.17, 15) is 46.3 Å². The minimum absolute atomic E-state index is 0.00437. The Morgan fingerprint density at radius 3 is 1.13 bits per heavy atom. The van der Waals surface area contributed by atoms with Gasteiger partial charge in [0, 0.05) is 132 Å². The molecule has 3 heterocycles. The monoisotopic (exact) mass is 1780 g/mol. The Hall–Kier alpha value is -13.8. The lowest BCUT2D eigenvalue weighted by molar-refractivity contribution is -0.137. The zero-order valence-corrected chi connectivity index (χ0v) is 73.9. The Balaban J connectivity index is 0.000000190. The minimum Gasteiger partial charge on any atom is -0.370 e. The third kappa shape index (κ3) is 30.7. The average molecular weight is 1780 g/mol. The van der Waals surface area contributed by atoms with Crippen molar-refractivity contribution in [3.05, 3.63) is 347 Å². The molecule has 6 amide bonds. The van der Waals surface area contributed by atoms with Crippen LogP contribution in [0, 0.1) is 5.82 Å². The van der Waals surface area contributed by atoms with Crippen LogP contribution in [-0.4, -0.2) is 183 Å². The van der Waals surface area contributed by atoms with Gasteiger partial charge in [0.1, 0.15) is 5.82 Å². The Bertz CT molecular complexity index is 5320. The van der Waals surface area contributed by atoms with E-state index in [-0.39, 0.29) is 95.6 Å². The normalized spacial score (nSPS) is 17.3. The number of hydrogen-bond donors (Lipinski definition) is 12. The topological polar surface area (TPSA) is 378 Å². The third-order valence-electron chi connectivity index (χ3n) is 23.7. The number of halogens is 4. The first-order valence-electron chi connectivity index (χ1n) is 44.6. The summed E-state index contributed by atoms with van der Waals surface area (Å²) in [6, 6.07) is 83.9. The summed E-state index contributed by atoms with van der Waals surface area (Å²) in [5, 5.41) is 21.5. The van der Waals surface area contributed by atoms with Crippen LogP contribution in [0.1, 0.15) is 137 Å². The number of guanidine groups is 3. The zero-order valence-electron chi connectivity index (χ0n) is 73.9. The molecule has 0 spiro atoms. The predicted molar refractivity (Wildman–Crippen MR) is 512 cm³/mol. The number of fused-ring (bicyclic) bond motifs is 1. The Morgan fingerprint density at radius 2 is 0.756 bits per heavy atom. The van der Waals surface area contributed by atoms with Gasteiger partial charge in [-0.15, -0.1) is 0 Å². The van der Waals surface area contributed by atoms with Gasteiger partial charge in [-0.3, -0.25) is 43.7 Å². The second-order valence-corrected chi connectivity index (χ2v) is 33.2. The SMILES string of the molecule is CC(CN1CC[C@@H](CNC(=O)c2ccc3ccccc3c2)N[C@@H](CCCN=C(N)N)C1=O)(c1ccccc1)c1ccccc1.NC(N)=NCCC[C@@H]1N[C@H](CNC(=O)/C=C/c2ccc(C(F)(F)F)cc2)CCN(CC(c2ccccc2)c2ccccc2)C1=O.NC(N)=NCCC[C@@H]1N[C@H](CNC(=O)/C=C/c2ccc(F)cc2)CCN(CC(c2ccccc2)c2ccccc2)C1=O. The van der Waals surface area contributed by atoms with Crippen LogP contribution < -0.4 is 66.3 Å². The summed E-state index contributed by atoms with van der Waals surface area (Å²) in [5.41, 5.74) is 40.5. The summed E-state index contributed by atoms with van der Waals surface area (Å²) in [6.45, 7) is 7.69. The fraction of sp³-hybridized carbons (Fsp3) is 0.311. The average Bonchev–Trinajstić information content (AvgIpc) is 1.67. The molecule has 131 heavy (non-hydrogen) atoms. The van der Waals surface area contributed by atoms with E-state index in [0.29, 0.717) is 141 Å². The van der Waals surface area contributed by atoms with Crippen LogP contribution in [0.25, 0.3) is 22.9 Å². The molecule has 28 heteroatoms. The van der Waals surface area contributed by atoms with Crippen molar-refractivity contribution in [2.24, 2.45) is 49.4 Å². The van der Waals surface area contributed by atoms with Gasteiger partial charge in [0.15, 0.2) is 17.9 Å². The van der Waals surface area contributed by atoms with Crippen LogP contribution >= 0.6 is 0 Å². The van der Waals surface area contributed by atoms with Gasteiger partial charge in [-0.05, 0) is 169 Å². The van der Waals surface area contributed by atoms with Crippen molar-refractivity contribution in [2.75, 3.05) is 78.5 Å². The molecule has 686 valence electrons. The number of alkyl halides is 3. The van der Waals surface area contributed by atoms with Gasteiger partial charge in [0.05, 0.1) is 23.7 Å². The number of hydrogen-bond acceptors (Lipinski definition) is 12. The second-order valence-electron chi connectivity index (χ2n) is 33.2. The number of nitrogens with two attached hydrogens (primary N) is 6. The Labute approximate surface area is 764 Å².